The number of halogens is 3. The highest BCUT2D eigenvalue weighted by Crippen LogP contribution is 2.25. The normalized spacial score (nSPS) is 14.3. The minimum absolute atomic E-state index is 0. The van der Waals surface area contributed by atoms with Gasteiger partial charge in [0.15, 0.2) is 0 Å². The molecule has 2 atom stereocenters. The highest BCUT2D eigenvalue weighted by Gasteiger charge is 2.18. The van der Waals surface area contributed by atoms with Gasteiger partial charge in [-0.3, -0.25) is 0 Å². The maximum atomic E-state index is 9.91. The topological polar surface area (TPSA) is 46.2 Å². The van der Waals surface area contributed by atoms with Gasteiger partial charge in [-0.25, -0.2) is 0 Å². The average molecular weight is 299 g/mol. The molecule has 3 N–H and O–H groups in total. The molecule has 0 spiro atoms. The summed E-state index contributed by atoms with van der Waals surface area (Å²) >= 11 is 11.8. The molecule has 98 valence electrons. The molecule has 1 rings (SSSR count). The molecule has 0 saturated carbocycles. The van der Waals surface area contributed by atoms with Gasteiger partial charge in [0, 0.05) is 10.0 Å². The molecule has 2 nitrogen and oxygen atoms in total. The van der Waals surface area contributed by atoms with Crippen molar-refractivity contribution in [3.8, 4) is 0 Å². The summed E-state index contributed by atoms with van der Waals surface area (Å²) in [5.41, 5.74) is 6.73. The van der Waals surface area contributed by atoms with Gasteiger partial charge in [0.2, 0.25) is 0 Å². The monoisotopic (exact) mass is 297 g/mol. The van der Waals surface area contributed by atoms with E-state index >= 15 is 0 Å². The predicted molar refractivity (Wildman–Crippen MR) is 76.1 cm³/mol. The molecule has 0 bridgehead atoms. The zero-order valence-electron chi connectivity index (χ0n) is 9.86. The van der Waals surface area contributed by atoms with Crippen LogP contribution in [0.25, 0.3) is 0 Å². The lowest BCUT2D eigenvalue weighted by Crippen LogP contribution is -2.27. The van der Waals surface area contributed by atoms with Crippen LogP contribution < -0.4 is 5.73 Å². The van der Waals surface area contributed by atoms with Gasteiger partial charge in [-0.15, -0.1) is 12.4 Å². The first-order chi connectivity index (χ1) is 7.40. The molecule has 0 unspecified atom stereocenters. The molecular formula is C12H18Cl3NO. The van der Waals surface area contributed by atoms with Crippen molar-refractivity contribution in [3.05, 3.63) is 33.8 Å². The molecule has 0 heterocycles. The number of aliphatic hydroxyl groups excluding tert-OH is 1. The van der Waals surface area contributed by atoms with Gasteiger partial charge in [0.1, 0.15) is 0 Å². The Balaban J connectivity index is 0.00000256. The van der Waals surface area contributed by atoms with E-state index in [1.165, 1.54) is 0 Å². The average Bonchev–Trinajstić information content (AvgIpc) is 2.13. The minimum atomic E-state index is -0.575. The third-order valence-corrected chi connectivity index (χ3v) is 2.83. The van der Waals surface area contributed by atoms with Gasteiger partial charge in [-0.1, -0.05) is 37.0 Å². The zero-order chi connectivity index (χ0) is 12.3. The van der Waals surface area contributed by atoms with Crippen LogP contribution in [0.15, 0.2) is 18.2 Å². The largest absolute Gasteiger partial charge is 0.391 e. The molecule has 0 fully saturated rings. The highest BCUT2D eigenvalue weighted by molar-refractivity contribution is 6.34. The fourth-order valence-electron chi connectivity index (χ4n) is 1.62. The van der Waals surface area contributed by atoms with Gasteiger partial charge < -0.3 is 10.8 Å². The van der Waals surface area contributed by atoms with Gasteiger partial charge >= 0.3 is 0 Å². The molecule has 0 amide bonds. The molecule has 5 heteroatoms. The lowest BCUT2D eigenvalue weighted by atomic mass is 9.95. The summed E-state index contributed by atoms with van der Waals surface area (Å²) in [5.74, 6) is 0.399. The second-order valence-electron chi connectivity index (χ2n) is 4.43. The lowest BCUT2D eigenvalue weighted by molar-refractivity contribution is 0.121. The van der Waals surface area contributed by atoms with Crippen molar-refractivity contribution in [1.29, 1.82) is 0 Å². The van der Waals surface area contributed by atoms with Crippen molar-refractivity contribution in [2.24, 2.45) is 11.7 Å². The van der Waals surface area contributed by atoms with E-state index in [0.29, 0.717) is 22.4 Å². The number of nitrogens with two attached hydrogens (primary N) is 1. The highest BCUT2D eigenvalue weighted by atomic mass is 35.5. The van der Waals surface area contributed by atoms with Crippen LogP contribution in [0, 0.1) is 5.92 Å². The third-order valence-electron chi connectivity index (χ3n) is 2.40. The van der Waals surface area contributed by atoms with E-state index in [9.17, 15) is 5.11 Å². The molecule has 0 aliphatic rings. The Kier molecular flexibility index (Phi) is 7.45. The van der Waals surface area contributed by atoms with Crippen molar-refractivity contribution in [1.82, 2.24) is 0 Å². The van der Waals surface area contributed by atoms with E-state index in [2.05, 4.69) is 0 Å². The van der Waals surface area contributed by atoms with Gasteiger partial charge in [-0.05, 0) is 36.1 Å². The van der Waals surface area contributed by atoms with E-state index < -0.39 is 12.1 Å². The summed E-state index contributed by atoms with van der Waals surface area (Å²) in [4.78, 5) is 0. The van der Waals surface area contributed by atoms with Crippen molar-refractivity contribution in [3.63, 3.8) is 0 Å². The molecule has 0 aromatic heterocycles. The molecule has 0 radical (unpaired) electrons. The van der Waals surface area contributed by atoms with Crippen LogP contribution in [-0.4, -0.2) is 11.2 Å². The van der Waals surface area contributed by atoms with E-state index in [0.717, 1.165) is 5.56 Å². The van der Waals surface area contributed by atoms with E-state index in [4.69, 9.17) is 28.9 Å². The Morgan fingerprint density at radius 3 is 2.06 bits per heavy atom. The summed E-state index contributed by atoms with van der Waals surface area (Å²) in [6.07, 6.45) is 0.0835. The first-order valence-corrected chi connectivity index (χ1v) is 6.05. The molecule has 0 aliphatic heterocycles. The molecule has 1 aromatic rings. The molecular weight excluding hydrogens is 280 g/mol. The third kappa shape index (κ3) is 5.45. The molecule has 0 saturated heterocycles. The molecule has 1 aromatic carbocycles. The fraction of sp³-hybridized carbons (Fsp3) is 0.500. The second-order valence-corrected chi connectivity index (χ2v) is 5.30. The fourth-order valence-corrected chi connectivity index (χ4v) is 2.16. The van der Waals surface area contributed by atoms with Crippen LogP contribution in [0.3, 0.4) is 0 Å². The Morgan fingerprint density at radius 1 is 1.18 bits per heavy atom. The molecule has 17 heavy (non-hydrogen) atoms. The van der Waals surface area contributed by atoms with E-state index in [-0.39, 0.29) is 12.4 Å². The number of hydrogen-bond acceptors (Lipinski definition) is 2. The standard InChI is InChI=1S/C12H17Cl2NO.ClH/c1-7(2)3-11(16)12(15)8-4-9(13)6-10(14)5-8;/h4-7,11-12,16H,3,15H2,1-2H3;1H/t11-,12+;/m0./s1. The van der Waals surface area contributed by atoms with Gasteiger partial charge in [-0.2, -0.15) is 0 Å². The van der Waals surface area contributed by atoms with Crippen molar-refractivity contribution < 1.29 is 5.11 Å². The van der Waals surface area contributed by atoms with Crippen LogP contribution in [0.4, 0.5) is 0 Å². The van der Waals surface area contributed by atoms with E-state index in [1.807, 2.05) is 13.8 Å². The summed E-state index contributed by atoms with van der Waals surface area (Å²) in [5, 5.41) is 11.0. The van der Waals surface area contributed by atoms with E-state index in [1.54, 1.807) is 18.2 Å². The Hall–Kier alpha value is 0.01000. The van der Waals surface area contributed by atoms with Gasteiger partial charge in [0.25, 0.3) is 0 Å². The zero-order valence-corrected chi connectivity index (χ0v) is 12.2. The van der Waals surface area contributed by atoms with Crippen molar-refractivity contribution in [2.45, 2.75) is 32.4 Å². The lowest BCUT2D eigenvalue weighted by Gasteiger charge is -2.21. The number of aliphatic hydroxyl groups is 1. The first-order valence-electron chi connectivity index (χ1n) is 5.29. The van der Waals surface area contributed by atoms with Crippen molar-refractivity contribution >= 4 is 35.6 Å². The SMILES string of the molecule is CC(C)C[C@H](O)[C@H](N)c1cc(Cl)cc(Cl)c1.Cl. The maximum Gasteiger partial charge on any atom is 0.0735 e. The quantitative estimate of drug-likeness (QED) is 0.887. The maximum absolute atomic E-state index is 9.91. The second kappa shape index (κ2) is 7.45. The minimum Gasteiger partial charge on any atom is -0.391 e. The first kappa shape index (κ1) is 17.0. The van der Waals surface area contributed by atoms with Crippen LogP contribution in [0.5, 0.6) is 0 Å². The Bertz CT molecular complexity index is 337. The van der Waals surface area contributed by atoms with Crippen LogP contribution >= 0.6 is 35.6 Å². The van der Waals surface area contributed by atoms with Crippen molar-refractivity contribution in [2.75, 3.05) is 0 Å². The Morgan fingerprint density at radius 2 is 1.65 bits per heavy atom. The number of rotatable bonds is 4. The summed E-state index contributed by atoms with van der Waals surface area (Å²) in [6.45, 7) is 4.09. The smallest absolute Gasteiger partial charge is 0.0735 e. The van der Waals surface area contributed by atoms with Gasteiger partial charge in [0.05, 0.1) is 12.1 Å². The summed E-state index contributed by atoms with van der Waals surface area (Å²) in [7, 11) is 0. The number of benzene rings is 1. The number of hydrogen-bond donors (Lipinski definition) is 2. The van der Waals surface area contributed by atoms with Crippen LogP contribution in [0.1, 0.15) is 31.9 Å². The predicted octanol–water partition coefficient (Wildman–Crippen LogP) is 3.82. The summed E-state index contributed by atoms with van der Waals surface area (Å²) in [6, 6.07) is 4.68. The van der Waals surface area contributed by atoms with Crippen LogP contribution in [-0.2, 0) is 0 Å². The molecule has 0 aliphatic carbocycles. The Labute approximate surface area is 119 Å². The van der Waals surface area contributed by atoms with Crippen LogP contribution in [0.2, 0.25) is 10.0 Å². The summed E-state index contributed by atoms with van der Waals surface area (Å²) < 4.78 is 0.